The number of pyridine rings is 1. The number of aromatic nitrogens is 3. The third kappa shape index (κ3) is 2.64. The minimum Gasteiger partial charge on any atom is -0.477 e. The van der Waals surface area contributed by atoms with Crippen LogP contribution in [0.1, 0.15) is 20.8 Å². The second kappa shape index (κ2) is 5.00. The Labute approximate surface area is 102 Å². The fourth-order valence-electron chi connectivity index (χ4n) is 1.24. The van der Waals surface area contributed by atoms with Gasteiger partial charge < -0.3 is 10.4 Å². The summed E-state index contributed by atoms with van der Waals surface area (Å²) in [6.07, 6.45) is 5.56. The predicted molar refractivity (Wildman–Crippen MR) is 61.2 cm³/mol. The monoisotopic (exact) mass is 244 g/mol. The van der Waals surface area contributed by atoms with Gasteiger partial charge >= 0.3 is 5.97 Å². The highest BCUT2D eigenvalue weighted by Gasteiger charge is 2.11. The molecule has 2 heterocycles. The number of aromatic carboxylic acids is 1. The van der Waals surface area contributed by atoms with Crippen molar-refractivity contribution in [1.82, 2.24) is 15.0 Å². The SMILES string of the molecule is O=C(Nc1cnccn1)c1ccnc(C(=O)O)c1. The third-order valence-electron chi connectivity index (χ3n) is 2.05. The Morgan fingerprint density at radius 2 is 2.00 bits per heavy atom. The van der Waals surface area contributed by atoms with E-state index in [1.165, 1.54) is 36.9 Å². The van der Waals surface area contributed by atoms with Crippen LogP contribution in [0.15, 0.2) is 36.9 Å². The summed E-state index contributed by atoms with van der Waals surface area (Å²) in [6.45, 7) is 0. The number of carbonyl (C=O) groups excluding carboxylic acids is 1. The van der Waals surface area contributed by atoms with Crippen LogP contribution in [0.3, 0.4) is 0 Å². The average Bonchev–Trinajstić information content (AvgIpc) is 2.40. The Morgan fingerprint density at radius 3 is 2.67 bits per heavy atom. The van der Waals surface area contributed by atoms with Gasteiger partial charge in [-0.15, -0.1) is 0 Å². The van der Waals surface area contributed by atoms with E-state index in [-0.39, 0.29) is 17.1 Å². The first-order valence-corrected chi connectivity index (χ1v) is 4.93. The summed E-state index contributed by atoms with van der Waals surface area (Å²) in [4.78, 5) is 33.8. The van der Waals surface area contributed by atoms with Crippen molar-refractivity contribution in [3.05, 3.63) is 48.2 Å². The van der Waals surface area contributed by atoms with Gasteiger partial charge in [-0.1, -0.05) is 0 Å². The van der Waals surface area contributed by atoms with E-state index < -0.39 is 11.9 Å². The van der Waals surface area contributed by atoms with Crippen molar-refractivity contribution in [2.45, 2.75) is 0 Å². The first kappa shape index (κ1) is 11.6. The van der Waals surface area contributed by atoms with Gasteiger partial charge in [-0.05, 0) is 12.1 Å². The van der Waals surface area contributed by atoms with Crippen LogP contribution in [0, 0.1) is 0 Å². The van der Waals surface area contributed by atoms with E-state index in [4.69, 9.17) is 5.11 Å². The lowest BCUT2D eigenvalue weighted by Crippen LogP contribution is -2.14. The van der Waals surface area contributed by atoms with Gasteiger partial charge in [0, 0.05) is 24.2 Å². The zero-order chi connectivity index (χ0) is 13.0. The molecule has 0 aliphatic carbocycles. The summed E-state index contributed by atoms with van der Waals surface area (Å²) in [6, 6.07) is 2.60. The predicted octanol–water partition coefficient (Wildman–Crippen LogP) is 0.822. The zero-order valence-corrected chi connectivity index (χ0v) is 9.07. The average molecular weight is 244 g/mol. The number of nitrogens with zero attached hydrogens (tertiary/aromatic N) is 3. The minimum atomic E-state index is -1.19. The lowest BCUT2D eigenvalue weighted by Gasteiger charge is -2.03. The van der Waals surface area contributed by atoms with Crippen molar-refractivity contribution in [3.8, 4) is 0 Å². The van der Waals surface area contributed by atoms with Gasteiger partial charge in [0.25, 0.3) is 5.91 Å². The van der Waals surface area contributed by atoms with Crippen LogP contribution in [0.2, 0.25) is 0 Å². The molecule has 0 fully saturated rings. The molecule has 0 atom stereocenters. The Balaban J connectivity index is 2.19. The number of rotatable bonds is 3. The maximum absolute atomic E-state index is 11.8. The number of amides is 1. The molecule has 7 nitrogen and oxygen atoms in total. The maximum atomic E-state index is 11.8. The molecule has 0 saturated heterocycles. The van der Waals surface area contributed by atoms with Gasteiger partial charge in [0.2, 0.25) is 0 Å². The molecule has 0 unspecified atom stereocenters. The Bertz CT molecular complexity index is 586. The normalized spacial score (nSPS) is 9.78. The molecule has 0 spiro atoms. The van der Waals surface area contributed by atoms with E-state index in [9.17, 15) is 9.59 Å². The molecular formula is C11H8N4O3. The molecule has 18 heavy (non-hydrogen) atoms. The molecule has 0 aliphatic heterocycles. The standard InChI is InChI=1S/C11H8N4O3/c16-10(15-9-6-12-3-4-14-9)7-1-2-13-8(5-7)11(17)18/h1-6H,(H,17,18)(H,14,15,16). The second-order valence-electron chi connectivity index (χ2n) is 3.28. The van der Waals surface area contributed by atoms with Gasteiger partial charge in [0.05, 0.1) is 6.20 Å². The Morgan fingerprint density at radius 1 is 1.17 bits per heavy atom. The third-order valence-corrected chi connectivity index (χ3v) is 2.05. The number of carbonyl (C=O) groups is 2. The highest BCUT2D eigenvalue weighted by Crippen LogP contribution is 2.06. The van der Waals surface area contributed by atoms with Crippen LogP contribution in [-0.4, -0.2) is 31.9 Å². The Hall–Kier alpha value is -2.83. The minimum absolute atomic E-state index is 0.188. The molecule has 0 bridgehead atoms. The highest BCUT2D eigenvalue weighted by molar-refractivity contribution is 6.04. The molecule has 7 heteroatoms. The topological polar surface area (TPSA) is 105 Å². The lowest BCUT2D eigenvalue weighted by atomic mass is 10.2. The number of anilines is 1. The summed E-state index contributed by atoms with van der Waals surface area (Å²) in [5.41, 5.74) is -0.00477. The number of carboxylic acid groups (broad SMARTS) is 1. The van der Waals surface area contributed by atoms with Crippen molar-refractivity contribution in [3.63, 3.8) is 0 Å². The van der Waals surface area contributed by atoms with E-state index in [2.05, 4.69) is 20.3 Å². The number of carboxylic acids is 1. The van der Waals surface area contributed by atoms with Gasteiger partial charge in [-0.3, -0.25) is 9.78 Å². The molecule has 0 saturated carbocycles. The van der Waals surface area contributed by atoms with E-state index in [1.54, 1.807) is 0 Å². The van der Waals surface area contributed by atoms with E-state index in [0.717, 1.165) is 0 Å². The molecule has 2 aromatic heterocycles. The fraction of sp³-hybridized carbons (Fsp3) is 0. The molecule has 2 N–H and O–H groups in total. The van der Waals surface area contributed by atoms with E-state index in [1.807, 2.05) is 0 Å². The van der Waals surface area contributed by atoms with Crippen molar-refractivity contribution < 1.29 is 14.7 Å². The van der Waals surface area contributed by atoms with Gasteiger partial charge in [-0.2, -0.15) is 0 Å². The number of hydrogen-bond acceptors (Lipinski definition) is 5. The second-order valence-corrected chi connectivity index (χ2v) is 3.28. The molecule has 90 valence electrons. The fourth-order valence-corrected chi connectivity index (χ4v) is 1.24. The summed E-state index contributed by atoms with van der Waals surface area (Å²) in [5.74, 6) is -1.37. The largest absolute Gasteiger partial charge is 0.477 e. The van der Waals surface area contributed by atoms with Gasteiger partial charge in [0.15, 0.2) is 5.82 Å². The smallest absolute Gasteiger partial charge is 0.354 e. The van der Waals surface area contributed by atoms with Crippen molar-refractivity contribution >= 4 is 17.7 Å². The molecular weight excluding hydrogens is 236 g/mol. The van der Waals surface area contributed by atoms with Crippen LogP contribution < -0.4 is 5.32 Å². The Kier molecular flexibility index (Phi) is 3.24. The lowest BCUT2D eigenvalue weighted by molar-refractivity contribution is 0.0690. The number of hydrogen-bond donors (Lipinski definition) is 2. The maximum Gasteiger partial charge on any atom is 0.354 e. The van der Waals surface area contributed by atoms with Crippen LogP contribution in [0.25, 0.3) is 0 Å². The molecule has 2 aromatic rings. The van der Waals surface area contributed by atoms with Gasteiger partial charge in [-0.25, -0.2) is 14.8 Å². The summed E-state index contributed by atoms with van der Waals surface area (Å²) in [7, 11) is 0. The molecule has 0 aliphatic rings. The van der Waals surface area contributed by atoms with Crippen LogP contribution in [0.5, 0.6) is 0 Å². The molecule has 0 radical (unpaired) electrons. The quantitative estimate of drug-likeness (QED) is 0.828. The van der Waals surface area contributed by atoms with Crippen molar-refractivity contribution in [2.24, 2.45) is 0 Å². The first-order valence-electron chi connectivity index (χ1n) is 4.93. The molecule has 1 amide bonds. The molecule has 0 aromatic carbocycles. The summed E-state index contributed by atoms with van der Waals surface area (Å²) in [5, 5.41) is 11.3. The van der Waals surface area contributed by atoms with Crippen molar-refractivity contribution in [1.29, 1.82) is 0 Å². The van der Waals surface area contributed by atoms with E-state index in [0.29, 0.717) is 0 Å². The van der Waals surface area contributed by atoms with E-state index >= 15 is 0 Å². The highest BCUT2D eigenvalue weighted by atomic mass is 16.4. The molecule has 2 rings (SSSR count). The zero-order valence-electron chi connectivity index (χ0n) is 9.07. The number of nitrogens with one attached hydrogen (secondary N) is 1. The van der Waals surface area contributed by atoms with Crippen LogP contribution in [-0.2, 0) is 0 Å². The first-order chi connectivity index (χ1) is 8.66. The summed E-state index contributed by atoms with van der Waals surface area (Å²) >= 11 is 0. The summed E-state index contributed by atoms with van der Waals surface area (Å²) < 4.78 is 0. The van der Waals surface area contributed by atoms with Crippen molar-refractivity contribution in [2.75, 3.05) is 5.32 Å². The van der Waals surface area contributed by atoms with Crippen LogP contribution in [0.4, 0.5) is 5.82 Å². The van der Waals surface area contributed by atoms with Crippen LogP contribution >= 0.6 is 0 Å². The van der Waals surface area contributed by atoms with Gasteiger partial charge in [0.1, 0.15) is 5.69 Å².